The Kier molecular flexibility index (Phi) is 6.46. The zero-order valence-corrected chi connectivity index (χ0v) is 34.0. The van der Waals surface area contributed by atoms with Crippen molar-refractivity contribution in [2.24, 2.45) is 0 Å². The minimum absolute atomic E-state index is 0.0260. The predicted octanol–water partition coefficient (Wildman–Crippen LogP) is 12.4. The van der Waals surface area contributed by atoms with Gasteiger partial charge in [0.2, 0.25) is 0 Å². The number of para-hydroxylation sites is 1. The summed E-state index contributed by atoms with van der Waals surface area (Å²) in [5, 5.41) is 6.39. The Morgan fingerprint density at radius 1 is 0.509 bits per heavy atom. The molecule has 11 rings (SSSR count). The number of furan rings is 1. The molecule has 9 aromatic rings. The zero-order chi connectivity index (χ0) is 37.9. The lowest BCUT2D eigenvalue weighted by atomic mass is 9.33. The van der Waals surface area contributed by atoms with Crippen LogP contribution in [0.3, 0.4) is 0 Å². The van der Waals surface area contributed by atoms with Crippen LogP contribution in [0.5, 0.6) is 0 Å². The summed E-state index contributed by atoms with van der Waals surface area (Å²) in [5.41, 5.74) is 16.2. The molecule has 2 aliphatic rings. The van der Waals surface area contributed by atoms with Crippen LogP contribution in [-0.2, 0) is 16.2 Å². The van der Waals surface area contributed by atoms with Gasteiger partial charge in [-0.1, -0.05) is 123 Å². The first-order chi connectivity index (χ1) is 26.2. The summed E-state index contributed by atoms with van der Waals surface area (Å²) < 4.78 is 10.6. The maximum absolute atomic E-state index is 6.56. The maximum atomic E-state index is 6.56. The van der Waals surface area contributed by atoms with E-state index in [0.29, 0.717) is 0 Å². The van der Waals surface area contributed by atoms with Crippen molar-refractivity contribution < 1.29 is 4.42 Å². The van der Waals surface area contributed by atoms with Gasteiger partial charge in [0.15, 0.2) is 0 Å². The highest BCUT2D eigenvalue weighted by Crippen LogP contribution is 2.49. The van der Waals surface area contributed by atoms with Crippen LogP contribution in [0.15, 0.2) is 114 Å². The number of benzene rings is 6. The molecule has 270 valence electrons. The minimum Gasteiger partial charge on any atom is -0.456 e. The number of rotatable bonds is 1. The second kappa shape index (κ2) is 10.7. The fourth-order valence-corrected chi connectivity index (χ4v) is 10.7. The van der Waals surface area contributed by atoms with E-state index in [2.05, 4.69) is 181 Å². The van der Waals surface area contributed by atoms with Gasteiger partial charge in [-0.25, -0.2) is 0 Å². The highest BCUT2D eigenvalue weighted by atomic mass is 32.1. The van der Waals surface area contributed by atoms with Crippen LogP contribution >= 0.6 is 11.3 Å². The van der Waals surface area contributed by atoms with Crippen molar-refractivity contribution in [1.82, 2.24) is 4.57 Å². The molecule has 0 radical (unpaired) electrons. The van der Waals surface area contributed by atoms with Gasteiger partial charge in [-0.15, -0.1) is 11.3 Å². The van der Waals surface area contributed by atoms with Gasteiger partial charge in [-0.05, 0) is 97.9 Å². The number of hydrogen-bond donors (Lipinski definition) is 0. The topological polar surface area (TPSA) is 21.3 Å². The van der Waals surface area contributed by atoms with Crippen LogP contribution in [0.1, 0.15) is 79.0 Å². The molecule has 6 aromatic carbocycles. The summed E-state index contributed by atoms with van der Waals surface area (Å²) in [6.45, 7) is 21.2. The third kappa shape index (κ3) is 4.51. The van der Waals surface area contributed by atoms with E-state index in [1.54, 1.807) is 0 Å². The van der Waals surface area contributed by atoms with Gasteiger partial charge < -0.3 is 13.9 Å². The number of anilines is 3. The Balaban J connectivity index is 1.36. The highest BCUT2D eigenvalue weighted by Gasteiger charge is 2.44. The summed E-state index contributed by atoms with van der Waals surface area (Å²) in [6.07, 6.45) is 0. The molecule has 0 bridgehead atoms. The van der Waals surface area contributed by atoms with E-state index in [1.807, 2.05) is 11.3 Å². The number of hydrogen-bond acceptors (Lipinski definition) is 3. The third-order valence-electron chi connectivity index (χ3n) is 12.4. The Hall–Kier alpha value is -5.26. The quantitative estimate of drug-likeness (QED) is 0.157. The summed E-state index contributed by atoms with van der Waals surface area (Å²) in [4.78, 5) is 3.93. The van der Waals surface area contributed by atoms with Crippen molar-refractivity contribution >= 4 is 105 Å². The molecule has 3 nitrogen and oxygen atoms in total. The molecule has 0 fully saturated rings. The van der Waals surface area contributed by atoms with Crippen molar-refractivity contribution in [3.05, 3.63) is 126 Å². The van der Waals surface area contributed by atoms with Gasteiger partial charge in [0, 0.05) is 43.3 Å². The fraction of sp³-hybridized carbons (Fsp3) is 0.240. The Labute approximate surface area is 327 Å². The van der Waals surface area contributed by atoms with Crippen LogP contribution < -0.4 is 21.3 Å². The number of thiophene rings is 1. The molecule has 0 spiro atoms. The first-order valence-electron chi connectivity index (χ1n) is 19.7. The first-order valence-corrected chi connectivity index (χ1v) is 20.5. The van der Waals surface area contributed by atoms with Crippen LogP contribution in [0.25, 0.3) is 58.8 Å². The molecule has 0 amide bonds. The first kappa shape index (κ1) is 33.1. The van der Waals surface area contributed by atoms with Crippen molar-refractivity contribution in [1.29, 1.82) is 0 Å². The molecule has 55 heavy (non-hydrogen) atoms. The van der Waals surface area contributed by atoms with Crippen LogP contribution in [0.4, 0.5) is 17.1 Å². The molecule has 0 saturated heterocycles. The second-order valence-corrected chi connectivity index (χ2v) is 20.1. The third-order valence-corrected chi connectivity index (χ3v) is 13.6. The Bertz CT molecular complexity index is 3120. The van der Waals surface area contributed by atoms with E-state index in [4.69, 9.17) is 4.42 Å². The molecular weight excluding hydrogens is 687 g/mol. The van der Waals surface area contributed by atoms with E-state index >= 15 is 0 Å². The summed E-state index contributed by atoms with van der Waals surface area (Å²) >= 11 is 1.93. The smallest absolute Gasteiger partial charge is 0.252 e. The molecule has 0 atom stereocenters. The average molecular weight is 733 g/mol. The van der Waals surface area contributed by atoms with Crippen LogP contribution in [0.2, 0.25) is 0 Å². The molecular formula is C50H45BN2OS. The lowest BCUT2D eigenvalue weighted by Gasteiger charge is -2.42. The molecule has 3 aromatic heterocycles. The fourth-order valence-electron chi connectivity index (χ4n) is 9.51. The molecule has 2 aliphatic heterocycles. The van der Waals surface area contributed by atoms with Crippen molar-refractivity contribution in [2.45, 2.75) is 78.6 Å². The van der Waals surface area contributed by atoms with E-state index in [9.17, 15) is 0 Å². The second-order valence-electron chi connectivity index (χ2n) is 19.0. The van der Waals surface area contributed by atoms with Gasteiger partial charge >= 0.3 is 0 Å². The normalized spacial score (nSPS) is 14.2. The highest BCUT2D eigenvalue weighted by molar-refractivity contribution is 7.26. The molecule has 0 aliphatic carbocycles. The maximum Gasteiger partial charge on any atom is 0.252 e. The Morgan fingerprint density at radius 2 is 1.16 bits per heavy atom. The minimum atomic E-state index is -0.0868. The van der Waals surface area contributed by atoms with Crippen LogP contribution in [0, 0.1) is 0 Å². The monoisotopic (exact) mass is 732 g/mol. The SMILES string of the molecule is CC(C)(C)c1ccc2c(c1)N(c1cccc3oc4ccccc4c13)c1cc(C(C)(C)C)cc3c1B2c1cc(C(C)(C)C)cc2c4c5ccccc5sc4n-3c12. The molecule has 0 N–H and O–H groups in total. The number of fused-ring (bicyclic) bond motifs is 12. The van der Waals surface area contributed by atoms with E-state index in [0.717, 1.165) is 27.6 Å². The standard InChI is InChI=1S/C50H45BN2OS/c1-48(2,3)28-21-22-34-37(25-28)52(36-17-14-19-41-44(36)31-15-10-12-18-40(31)54-41)38-26-30(50(7,8)9)27-39-45(38)51(34)35-24-29(49(4,5)6)23-33-43-32-16-11-13-20-42(32)55-47(43)53(39)46(33)35/h10-27H,1-9H3. The van der Waals surface area contributed by atoms with Crippen molar-refractivity contribution in [3.63, 3.8) is 0 Å². The average Bonchev–Trinajstić information content (AvgIpc) is 3.81. The van der Waals surface area contributed by atoms with Crippen molar-refractivity contribution in [3.8, 4) is 5.69 Å². The number of nitrogens with zero attached hydrogens (tertiary/aromatic N) is 2. The summed E-state index contributed by atoms with van der Waals surface area (Å²) in [7, 11) is 0. The summed E-state index contributed by atoms with van der Waals surface area (Å²) in [6, 6.07) is 41.6. The van der Waals surface area contributed by atoms with Crippen LogP contribution in [-0.4, -0.2) is 11.3 Å². The largest absolute Gasteiger partial charge is 0.456 e. The predicted molar refractivity (Wildman–Crippen MR) is 239 cm³/mol. The number of aromatic nitrogens is 1. The molecule has 0 saturated carbocycles. The zero-order valence-electron chi connectivity index (χ0n) is 33.2. The van der Waals surface area contributed by atoms with Gasteiger partial charge in [0.1, 0.15) is 16.0 Å². The Morgan fingerprint density at radius 3 is 1.93 bits per heavy atom. The van der Waals surface area contributed by atoms with Gasteiger partial charge in [0.25, 0.3) is 6.71 Å². The van der Waals surface area contributed by atoms with Gasteiger partial charge in [0.05, 0.1) is 16.6 Å². The lowest BCUT2D eigenvalue weighted by Crippen LogP contribution is -2.60. The molecule has 0 unspecified atom stereocenters. The van der Waals surface area contributed by atoms with Gasteiger partial charge in [-0.2, -0.15) is 0 Å². The van der Waals surface area contributed by atoms with E-state index in [1.165, 1.54) is 81.3 Å². The summed E-state index contributed by atoms with van der Waals surface area (Å²) in [5.74, 6) is 0. The van der Waals surface area contributed by atoms with Gasteiger partial charge in [-0.3, -0.25) is 0 Å². The van der Waals surface area contributed by atoms with Crippen molar-refractivity contribution in [2.75, 3.05) is 4.90 Å². The van der Waals surface area contributed by atoms with E-state index < -0.39 is 0 Å². The lowest BCUT2D eigenvalue weighted by molar-refractivity contribution is 0.589. The molecule has 5 heterocycles. The van der Waals surface area contributed by atoms with E-state index in [-0.39, 0.29) is 23.0 Å². The molecule has 5 heteroatoms.